The summed E-state index contributed by atoms with van der Waals surface area (Å²) in [6, 6.07) is 0.330. The number of hydrogen-bond acceptors (Lipinski definition) is 2. The fraction of sp³-hybridized carbons (Fsp3) is 0.733. The van der Waals surface area contributed by atoms with Crippen LogP contribution < -0.4 is 0 Å². The van der Waals surface area contributed by atoms with Crippen molar-refractivity contribution in [3.63, 3.8) is 0 Å². The van der Waals surface area contributed by atoms with Crippen molar-refractivity contribution in [2.45, 2.75) is 71.9 Å². The predicted molar refractivity (Wildman–Crippen MR) is 76.0 cm³/mol. The monoisotopic (exact) mass is 250 g/mol. The van der Waals surface area contributed by atoms with Crippen LogP contribution in [0.2, 0.25) is 0 Å². The van der Waals surface area contributed by atoms with Crippen LogP contribution in [-0.2, 0) is 4.79 Å². The molecular formula is C15H26N2O. The number of likely N-dealkylation sites (tertiary alicyclic amines) is 1. The van der Waals surface area contributed by atoms with Gasteiger partial charge in [-0.15, -0.1) is 0 Å². The van der Waals surface area contributed by atoms with Crippen molar-refractivity contribution in [3.8, 4) is 0 Å². The molecule has 0 aromatic carbocycles. The topological polar surface area (TPSA) is 44.2 Å². The normalized spacial score (nSPS) is 28.6. The number of nitrogens with one attached hydrogen (secondary N) is 1. The highest BCUT2D eigenvalue weighted by atomic mass is 16.1. The van der Waals surface area contributed by atoms with Gasteiger partial charge in [0.15, 0.2) is 5.78 Å². The third-order valence-corrected chi connectivity index (χ3v) is 4.48. The van der Waals surface area contributed by atoms with Crippen LogP contribution in [0.25, 0.3) is 0 Å². The molecule has 1 aliphatic rings. The van der Waals surface area contributed by atoms with Crippen molar-refractivity contribution in [3.05, 3.63) is 11.6 Å². The van der Waals surface area contributed by atoms with Crippen molar-refractivity contribution in [2.75, 3.05) is 0 Å². The van der Waals surface area contributed by atoms with Crippen LogP contribution in [0.5, 0.6) is 0 Å². The Labute approximate surface area is 111 Å². The lowest BCUT2D eigenvalue weighted by molar-refractivity contribution is -0.126. The van der Waals surface area contributed by atoms with Crippen molar-refractivity contribution in [1.29, 1.82) is 5.41 Å². The first-order valence-corrected chi connectivity index (χ1v) is 6.96. The Balaban J connectivity index is 3.21. The number of Topliss-reactive ketones (excluding diaryl/α,β-unsaturated/α-hetero) is 1. The van der Waals surface area contributed by atoms with E-state index in [4.69, 9.17) is 5.41 Å². The molecule has 2 atom stereocenters. The van der Waals surface area contributed by atoms with Gasteiger partial charge in [0.05, 0.1) is 5.54 Å². The summed E-state index contributed by atoms with van der Waals surface area (Å²) in [5.41, 5.74) is 0.511. The fourth-order valence-corrected chi connectivity index (χ4v) is 3.06. The van der Waals surface area contributed by atoms with Gasteiger partial charge >= 0.3 is 0 Å². The van der Waals surface area contributed by atoms with E-state index in [-0.39, 0.29) is 5.78 Å². The van der Waals surface area contributed by atoms with Gasteiger partial charge in [-0.05, 0) is 52.0 Å². The minimum atomic E-state index is -0.442. The van der Waals surface area contributed by atoms with E-state index in [1.54, 1.807) is 6.92 Å². The molecule has 0 spiro atoms. The fourth-order valence-electron chi connectivity index (χ4n) is 3.06. The summed E-state index contributed by atoms with van der Waals surface area (Å²) < 4.78 is 0. The molecule has 1 heterocycles. The average Bonchev–Trinajstić information content (AvgIpc) is 2.76. The van der Waals surface area contributed by atoms with Crippen LogP contribution in [0.3, 0.4) is 0 Å². The molecule has 0 radical (unpaired) electrons. The maximum absolute atomic E-state index is 12.1. The second kappa shape index (κ2) is 5.68. The van der Waals surface area contributed by atoms with Crippen LogP contribution in [0.15, 0.2) is 11.6 Å². The second-order valence-corrected chi connectivity index (χ2v) is 5.23. The van der Waals surface area contributed by atoms with Crippen LogP contribution in [-0.4, -0.2) is 28.1 Å². The third-order valence-electron chi connectivity index (χ3n) is 4.48. The Hall–Kier alpha value is -1.12. The minimum Gasteiger partial charge on any atom is -0.341 e. The van der Waals surface area contributed by atoms with E-state index in [1.165, 1.54) is 0 Å². The highest BCUT2D eigenvalue weighted by Gasteiger charge is 2.48. The second-order valence-electron chi connectivity index (χ2n) is 5.23. The number of ketones is 1. The smallest absolute Gasteiger partial charge is 0.155 e. The van der Waals surface area contributed by atoms with Crippen LogP contribution in [0.4, 0.5) is 0 Å². The van der Waals surface area contributed by atoms with Crippen LogP contribution >= 0.6 is 0 Å². The summed E-state index contributed by atoms with van der Waals surface area (Å²) in [7, 11) is 0. The molecule has 102 valence electrons. The lowest BCUT2D eigenvalue weighted by Crippen LogP contribution is -2.54. The van der Waals surface area contributed by atoms with Gasteiger partial charge in [0.1, 0.15) is 5.84 Å². The first-order valence-electron chi connectivity index (χ1n) is 6.96. The van der Waals surface area contributed by atoms with Crippen molar-refractivity contribution in [2.24, 2.45) is 0 Å². The Bertz CT molecular complexity index is 373. The van der Waals surface area contributed by atoms with Gasteiger partial charge in [0.25, 0.3) is 0 Å². The number of carbonyl (C=O) groups is 1. The maximum atomic E-state index is 12.1. The molecule has 0 aliphatic carbocycles. The van der Waals surface area contributed by atoms with Gasteiger partial charge in [0, 0.05) is 6.04 Å². The lowest BCUT2D eigenvalue weighted by atomic mass is 9.88. The molecule has 1 rings (SSSR count). The first kappa shape index (κ1) is 14.9. The highest BCUT2D eigenvalue weighted by molar-refractivity contribution is 6.00. The molecule has 1 saturated heterocycles. The molecule has 1 aliphatic heterocycles. The Kier molecular flexibility index (Phi) is 4.71. The van der Waals surface area contributed by atoms with Crippen molar-refractivity contribution >= 4 is 11.6 Å². The maximum Gasteiger partial charge on any atom is 0.155 e. The molecule has 3 heteroatoms. The number of nitrogens with zero attached hydrogens (tertiary/aromatic N) is 1. The van der Waals surface area contributed by atoms with Crippen molar-refractivity contribution < 1.29 is 4.79 Å². The molecule has 18 heavy (non-hydrogen) atoms. The predicted octanol–water partition coefficient (Wildman–Crippen LogP) is 3.54. The van der Waals surface area contributed by atoms with E-state index >= 15 is 0 Å². The summed E-state index contributed by atoms with van der Waals surface area (Å²) in [5.74, 6) is 0.730. The van der Waals surface area contributed by atoms with Gasteiger partial charge in [-0.25, -0.2) is 0 Å². The summed E-state index contributed by atoms with van der Waals surface area (Å²) in [6.45, 7) is 9.77. The Morgan fingerprint density at radius 2 is 2.06 bits per heavy atom. The number of hydrogen-bond donors (Lipinski definition) is 1. The molecule has 0 amide bonds. The quantitative estimate of drug-likeness (QED) is 0.612. The molecular weight excluding hydrogens is 224 g/mol. The molecule has 0 aromatic heterocycles. The SMILES string of the molecule is CC=C(C)C(=N)N1C(CC)CCC1(CC)C(C)=O. The average molecular weight is 250 g/mol. The Morgan fingerprint density at radius 3 is 2.44 bits per heavy atom. The standard InChI is InChI=1S/C15H26N2O/c1-6-11(4)14(16)17-13(7-2)9-10-15(17,8-3)12(5)18/h6,13,16H,7-10H2,1-5H3. The number of carbonyl (C=O) groups excluding carboxylic acids is 1. The third kappa shape index (κ3) is 2.23. The summed E-state index contributed by atoms with van der Waals surface area (Å²) >= 11 is 0. The van der Waals surface area contributed by atoms with Gasteiger partial charge in [-0.2, -0.15) is 0 Å². The van der Waals surface area contributed by atoms with Crippen LogP contribution in [0.1, 0.15) is 60.3 Å². The van der Waals surface area contributed by atoms with E-state index in [9.17, 15) is 4.79 Å². The first-order chi connectivity index (χ1) is 8.44. The van der Waals surface area contributed by atoms with E-state index in [0.29, 0.717) is 11.9 Å². The number of amidine groups is 1. The number of allylic oxidation sites excluding steroid dienone is 1. The van der Waals surface area contributed by atoms with Gasteiger partial charge in [0.2, 0.25) is 0 Å². The van der Waals surface area contributed by atoms with E-state index in [1.807, 2.05) is 19.9 Å². The zero-order valence-electron chi connectivity index (χ0n) is 12.3. The van der Waals surface area contributed by atoms with E-state index in [2.05, 4.69) is 18.7 Å². The highest BCUT2D eigenvalue weighted by Crippen LogP contribution is 2.39. The summed E-state index contributed by atoms with van der Waals surface area (Å²) in [4.78, 5) is 14.2. The van der Waals surface area contributed by atoms with E-state index in [0.717, 1.165) is 31.3 Å². The van der Waals surface area contributed by atoms with Gasteiger partial charge in [-0.3, -0.25) is 10.2 Å². The molecule has 0 aromatic rings. The summed E-state index contributed by atoms with van der Waals surface area (Å²) in [6.07, 6.45) is 5.64. The van der Waals surface area contributed by atoms with Crippen LogP contribution in [0, 0.1) is 5.41 Å². The largest absolute Gasteiger partial charge is 0.341 e. The zero-order chi connectivity index (χ0) is 13.9. The molecule has 1 N–H and O–H groups in total. The molecule has 0 bridgehead atoms. The molecule has 1 fully saturated rings. The van der Waals surface area contributed by atoms with Gasteiger partial charge < -0.3 is 4.90 Å². The minimum absolute atomic E-state index is 0.203. The molecule has 0 saturated carbocycles. The van der Waals surface area contributed by atoms with Gasteiger partial charge in [-0.1, -0.05) is 19.9 Å². The molecule has 2 unspecified atom stereocenters. The van der Waals surface area contributed by atoms with E-state index < -0.39 is 5.54 Å². The lowest BCUT2D eigenvalue weighted by Gasteiger charge is -2.41. The summed E-state index contributed by atoms with van der Waals surface area (Å²) in [5, 5.41) is 8.38. The number of rotatable bonds is 4. The zero-order valence-corrected chi connectivity index (χ0v) is 12.3. The van der Waals surface area contributed by atoms with Crippen molar-refractivity contribution in [1.82, 2.24) is 4.90 Å². The Morgan fingerprint density at radius 1 is 1.44 bits per heavy atom. The molecule has 3 nitrogen and oxygen atoms in total.